The molecule has 2 amide bonds. The first-order valence-electron chi connectivity index (χ1n) is 10.5. The van der Waals surface area contributed by atoms with E-state index in [-0.39, 0.29) is 17.5 Å². The molecule has 0 unspecified atom stereocenters. The van der Waals surface area contributed by atoms with Crippen molar-refractivity contribution < 1.29 is 9.59 Å². The van der Waals surface area contributed by atoms with E-state index in [0.29, 0.717) is 22.3 Å². The molecule has 0 aliphatic heterocycles. The fraction of sp³-hybridized carbons (Fsp3) is 0. The predicted molar refractivity (Wildman–Crippen MR) is 130 cm³/mol. The molecule has 0 atom stereocenters. The van der Waals surface area contributed by atoms with Crippen molar-refractivity contribution in [3.8, 4) is 0 Å². The highest BCUT2D eigenvalue weighted by atomic mass is 16.2. The van der Waals surface area contributed by atoms with Crippen LogP contribution < -0.4 is 10.6 Å². The fourth-order valence-electron chi connectivity index (χ4n) is 3.87. The largest absolute Gasteiger partial charge is 0.345 e. The molecule has 0 saturated heterocycles. The minimum absolute atomic E-state index is 0.231. The summed E-state index contributed by atoms with van der Waals surface area (Å²) in [7, 11) is 0. The number of pyridine rings is 1. The first kappa shape index (κ1) is 19.6. The van der Waals surface area contributed by atoms with E-state index >= 15 is 0 Å². The third-order valence-electron chi connectivity index (χ3n) is 5.53. The van der Waals surface area contributed by atoms with Gasteiger partial charge in [0.15, 0.2) is 0 Å². The maximum absolute atomic E-state index is 13.0. The van der Waals surface area contributed by atoms with E-state index in [1.54, 1.807) is 42.9 Å². The maximum Gasteiger partial charge on any atom is 0.276 e. The number of rotatable bonds is 4. The molecular formula is C25H17N7O2. The number of benzene rings is 3. The number of carbonyl (C=O) groups is 2. The van der Waals surface area contributed by atoms with Gasteiger partial charge in [0.1, 0.15) is 11.2 Å². The molecule has 34 heavy (non-hydrogen) atoms. The Morgan fingerprint density at radius 2 is 1.68 bits per heavy atom. The van der Waals surface area contributed by atoms with Crippen LogP contribution in [0.5, 0.6) is 0 Å². The number of aromatic nitrogens is 5. The molecule has 0 spiro atoms. The van der Waals surface area contributed by atoms with Crippen molar-refractivity contribution in [3.05, 3.63) is 90.5 Å². The number of anilines is 2. The smallest absolute Gasteiger partial charge is 0.276 e. The van der Waals surface area contributed by atoms with Gasteiger partial charge in [-0.25, -0.2) is 9.97 Å². The Hall–Kier alpha value is -5.05. The van der Waals surface area contributed by atoms with Crippen LogP contribution in [0, 0.1) is 0 Å². The first-order chi connectivity index (χ1) is 16.6. The van der Waals surface area contributed by atoms with Crippen LogP contribution in [-0.2, 0) is 0 Å². The van der Waals surface area contributed by atoms with E-state index in [2.05, 4.69) is 35.6 Å². The lowest BCUT2D eigenvalue weighted by Crippen LogP contribution is -2.14. The Balaban J connectivity index is 1.26. The molecule has 6 rings (SSSR count). The van der Waals surface area contributed by atoms with E-state index in [1.807, 2.05) is 36.4 Å². The number of hydrogen-bond donors (Lipinski definition) is 4. The van der Waals surface area contributed by atoms with Crippen LogP contribution in [0.3, 0.4) is 0 Å². The topological polar surface area (TPSA) is 128 Å². The second-order valence-corrected chi connectivity index (χ2v) is 7.75. The molecular weight excluding hydrogens is 430 g/mol. The Bertz CT molecular complexity index is 1720. The number of H-pyrrole nitrogens is 2. The Morgan fingerprint density at radius 3 is 2.59 bits per heavy atom. The summed E-state index contributed by atoms with van der Waals surface area (Å²) in [6.07, 6.45) is 3.26. The lowest BCUT2D eigenvalue weighted by Gasteiger charge is -2.06. The van der Waals surface area contributed by atoms with Crippen LogP contribution in [0.4, 0.5) is 11.6 Å². The number of carbonyl (C=O) groups excluding carboxylic acids is 2. The number of imidazole rings is 2. The zero-order valence-corrected chi connectivity index (χ0v) is 17.7. The molecule has 6 aromatic rings. The zero-order chi connectivity index (χ0) is 23.1. The maximum atomic E-state index is 13.0. The highest BCUT2D eigenvalue weighted by Crippen LogP contribution is 2.22. The molecule has 0 aliphatic carbocycles. The molecule has 0 saturated carbocycles. The predicted octanol–water partition coefficient (Wildman–Crippen LogP) is 4.49. The van der Waals surface area contributed by atoms with Gasteiger partial charge in [0.25, 0.3) is 11.8 Å². The van der Waals surface area contributed by atoms with Crippen LogP contribution in [-0.4, -0.2) is 36.7 Å². The van der Waals surface area contributed by atoms with E-state index in [4.69, 9.17) is 0 Å². The van der Waals surface area contributed by atoms with Gasteiger partial charge >= 0.3 is 0 Å². The molecule has 3 aromatic heterocycles. The second kappa shape index (κ2) is 7.82. The average Bonchev–Trinajstić information content (AvgIpc) is 3.49. The Morgan fingerprint density at radius 1 is 0.794 bits per heavy atom. The molecule has 3 aromatic carbocycles. The van der Waals surface area contributed by atoms with Gasteiger partial charge in [0.2, 0.25) is 5.95 Å². The van der Waals surface area contributed by atoms with Crippen molar-refractivity contribution >= 4 is 56.3 Å². The third kappa shape index (κ3) is 3.51. The number of nitrogens with zero attached hydrogens (tertiary/aromatic N) is 3. The van der Waals surface area contributed by atoms with Crippen LogP contribution in [0.1, 0.15) is 20.8 Å². The summed E-state index contributed by atoms with van der Waals surface area (Å²) in [5.41, 5.74) is 3.99. The number of nitrogens with one attached hydrogen (secondary N) is 4. The molecule has 0 aliphatic rings. The summed E-state index contributed by atoms with van der Waals surface area (Å²) in [6, 6.07) is 20.1. The lowest BCUT2D eigenvalue weighted by molar-refractivity contribution is 0.101. The number of hydrogen-bond acceptors (Lipinski definition) is 5. The second-order valence-electron chi connectivity index (χ2n) is 7.75. The zero-order valence-electron chi connectivity index (χ0n) is 17.7. The van der Waals surface area contributed by atoms with Gasteiger partial charge in [0.05, 0.1) is 28.4 Å². The number of aromatic amines is 2. The normalized spacial score (nSPS) is 11.2. The van der Waals surface area contributed by atoms with Gasteiger partial charge in [-0.15, -0.1) is 0 Å². The van der Waals surface area contributed by atoms with Crippen LogP contribution in [0.2, 0.25) is 0 Å². The summed E-state index contributed by atoms with van der Waals surface area (Å²) >= 11 is 0. The van der Waals surface area contributed by atoms with Crippen molar-refractivity contribution in [3.63, 3.8) is 0 Å². The van der Waals surface area contributed by atoms with Gasteiger partial charge in [-0.2, -0.15) is 0 Å². The summed E-state index contributed by atoms with van der Waals surface area (Å²) in [6.45, 7) is 0. The summed E-state index contributed by atoms with van der Waals surface area (Å²) < 4.78 is 0. The third-order valence-corrected chi connectivity index (χ3v) is 5.53. The summed E-state index contributed by atoms with van der Waals surface area (Å²) in [4.78, 5) is 44.7. The van der Waals surface area contributed by atoms with E-state index in [9.17, 15) is 9.59 Å². The minimum atomic E-state index is -0.399. The summed E-state index contributed by atoms with van der Waals surface area (Å²) in [5, 5.41) is 7.49. The average molecular weight is 447 g/mol. The van der Waals surface area contributed by atoms with Crippen LogP contribution >= 0.6 is 0 Å². The van der Waals surface area contributed by atoms with Crippen LogP contribution in [0.15, 0.2) is 79.3 Å². The molecule has 164 valence electrons. The lowest BCUT2D eigenvalue weighted by atomic mass is 10.1. The van der Waals surface area contributed by atoms with Gasteiger partial charge in [-0.1, -0.05) is 30.3 Å². The van der Waals surface area contributed by atoms with Gasteiger partial charge in [-0.3, -0.25) is 19.9 Å². The molecule has 0 fully saturated rings. The number of fused-ring (bicyclic) bond motifs is 3. The molecule has 9 nitrogen and oxygen atoms in total. The van der Waals surface area contributed by atoms with Crippen molar-refractivity contribution in [1.29, 1.82) is 0 Å². The molecule has 3 heterocycles. The monoisotopic (exact) mass is 447 g/mol. The number of amides is 2. The Kier molecular flexibility index (Phi) is 4.51. The SMILES string of the molecule is O=C(Nc1nc2c(C(=O)Nc3ccc4nc[nH]c4c3)cccc2[nH]1)c1cc2ccccc2cn1. The fourth-order valence-corrected chi connectivity index (χ4v) is 3.87. The van der Waals surface area contributed by atoms with Crippen molar-refractivity contribution in [1.82, 2.24) is 24.9 Å². The van der Waals surface area contributed by atoms with E-state index < -0.39 is 5.91 Å². The van der Waals surface area contributed by atoms with Crippen molar-refractivity contribution in [2.45, 2.75) is 0 Å². The minimum Gasteiger partial charge on any atom is -0.345 e. The highest BCUT2D eigenvalue weighted by molar-refractivity contribution is 6.12. The number of para-hydroxylation sites is 1. The van der Waals surface area contributed by atoms with Crippen molar-refractivity contribution in [2.75, 3.05) is 10.6 Å². The molecule has 9 heteroatoms. The van der Waals surface area contributed by atoms with E-state index in [0.717, 1.165) is 21.8 Å². The standard InChI is InChI=1S/C25H17N7O2/c33-23(29-16-8-9-18-20(11-16)28-13-27-18)17-6-3-7-19-22(17)31-25(30-19)32-24(34)21-10-14-4-1-2-5-15(14)12-26-21/h1-13H,(H,27,28)(H,29,33)(H2,30,31,32,34). The first-order valence-corrected chi connectivity index (χ1v) is 10.5. The van der Waals surface area contributed by atoms with Crippen molar-refractivity contribution in [2.24, 2.45) is 0 Å². The van der Waals surface area contributed by atoms with Gasteiger partial charge in [-0.05, 0) is 41.8 Å². The highest BCUT2D eigenvalue weighted by Gasteiger charge is 2.16. The summed E-state index contributed by atoms with van der Waals surface area (Å²) in [5.74, 6) is -0.484. The van der Waals surface area contributed by atoms with Crippen LogP contribution in [0.25, 0.3) is 32.8 Å². The van der Waals surface area contributed by atoms with Gasteiger partial charge < -0.3 is 15.3 Å². The Labute approximate surface area is 192 Å². The molecule has 0 bridgehead atoms. The quantitative estimate of drug-likeness (QED) is 0.316. The molecule has 4 N–H and O–H groups in total. The molecule has 0 radical (unpaired) electrons. The van der Waals surface area contributed by atoms with E-state index in [1.165, 1.54) is 0 Å². The van der Waals surface area contributed by atoms with Gasteiger partial charge in [0, 0.05) is 17.3 Å².